The first-order valence-electron chi connectivity index (χ1n) is 23.6. The van der Waals surface area contributed by atoms with E-state index in [2.05, 4.69) is 20.3 Å². The molecule has 2 aliphatic carbocycles. The van der Waals surface area contributed by atoms with Gasteiger partial charge in [0.05, 0.1) is 49.2 Å². The number of methoxy groups -OCH3 is 2. The third-order valence-corrected chi connectivity index (χ3v) is 13.8. The second kappa shape index (κ2) is 19.6. The maximum Gasteiger partial charge on any atom is 0.328 e. The average Bonchev–Trinajstić information content (AvgIpc) is 3.90. The Kier molecular flexibility index (Phi) is 12.9. The van der Waals surface area contributed by atoms with Gasteiger partial charge in [-0.1, -0.05) is 43.2 Å². The number of nitrogens with one attached hydrogen (secondary N) is 2. The molecule has 3 amide bonds. The maximum absolute atomic E-state index is 14.2. The molecule has 68 heavy (non-hydrogen) atoms. The van der Waals surface area contributed by atoms with Gasteiger partial charge >= 0.3 is 5.97 Å². The molecule has 17 nitrogen and oxygen atoms in total. The Morgan fingerprint density at radius 2 is 1.66 bits per heavy atom. The standard InChI is InChI=1S/C51H55N7O10/c1-63-38-16-14-32(24-41(38)64-2)44-34-10-6-7-11-35(34)50(61)58(56-44)33-20-22-57(23-21-33)42(59)19-15-37(51(62)66-27-30-8-4-3-5-9-30)55-49(60)36-25-52-47-45(36)53-28-54-46(47)43-39(65-26-31-12-13-31)17-18-40-48(43)68-29-67-40/h3-5,8-9,14,16-18,24-25,28,31,33-35,37,52H,6-7,10-13,15,19-23,26-27,29H2,1-2H3,(H,55,60)/t34-,35+,37?/m0/s1. The van der Waals surface area contributed by atoms with Crippen molar-refractivity contribution in [1.82, 2.24) is 30.2 Å². The Bertz CT molecular complexity index is 2730. The summed E-state index contributed by atoms with van der Waals surface area (Å²) < 4.78 is 34.7. The van der Waals surface area contributed by atoms with E-state index >= 15 is 0 Å². The molecule has 3 fully saturated rings. The van der Waals surface area contributed by atoms with Gasteiger partial charge in [0.2, 0.25) is 18.6 Å². The number of esters is 1. The molecule has 5 aromatic rings. The predicted octanol–water partition coefficient (Wildman–Crippen LogP) is 6.83. The van der Waals surface area contributed by atoms with Crippen LogP contribution in [0.4, 0.5) is 0 Å². The highest BCUT2D eigenvalue weighted by Crippen LogP contribution is 2.48. The number of rotatable bonds is 16. The topological polar surface area (TPSA) is 196 Å². The van der Waals surface area contributed by atoms with Crippen LogP contribution in [0.15, 0.2) is 78.3 Å². The van der Waals surface area contributed by atoms with Crippen molar-refractivity contribution < 1.29 is 47.6 Å². The first-order valence-corrected chi connectivity index (χ1v) is 23.6. The van der Waals surface area contributed by atoms with Gasteiger partial charge in [0.25, 0.3) is 5.91 Å². The van der Waals surface area contributed by atoms with Crippen LogP contribution < -0.4 is 29.0 Å². The highest BCUT2D eigenvalue weighted by molar-refractivity contribution is 6.09. The lowest BCUT2D eigenvalue weighted by Gasteiger charge is -2.43. The van der Waals surface area contributed by atoms with Crippen LogP contribution in [0.2, 0.25) is 0 Å². The summed E-state index contributed by atoms with van der Waals surface area (Å²) in [5.41, 5.74) is 4.56. The van der Waals surface area contributed by atoms with Crippen molar-refractivity contribution >= 4 is 40.4 Å². The highest BCUT2D eigenvalue weighted by Gasteiger charge is 2.44. The number of likely N-dealkylation sites (tertiary alicyclic amines) is 1. The van der Waals surface area contributed by atoms with Crippen molar-refractivity contribution in [2.75, 3.05) is 40.7 Å². The molecule has 3 atom stereocenters. The number of hydrazone groups is 1. The molecule has 1 saturated heterocycles. The van der Waals surface area contributed by atoms with Crippen molar-refractivity contribution in [3.63, 3.8) is 0 Å². The summed E-state index contributed by atoms with van der Waals surface area (Å²) in [7, 11) is 3.21. The second-order valence-corrected chi connectivity index (χ2v) is 18.1. The van der Waals surface area contributed by atoms with E-state index in [1.807, 2.05) is 54.6 Å². The van der Waals surface area contributed by atoms with E-state index in [1.165, 1.54) is 12.5 Å². The summed E-state index contributed by atoms with van der Waals surface area (Å²) in [6.07, 6.45) is 9.88. The molecular weight excluding hydrogens is 871 g/mol. The number of ether oxygens (including phenoxy) is 6. The number of amides is 3. The summed E-state index contributed by atoms with van der Waals surface area (Å²) in [6, 6.07) is 17.3. The Morgan fingerprint density at radius 3 is 2.44 bits per heavy atom. The summed E-state index contributed by atoms with van der Waals surface area (Å²) in [5.74, 6) is 1.81. The number of hydrogen-bond donors (Lipinski definition) is 2. The number of carbonyl (C=O) groups excluding carboxylic acids is 4. The molecule has 1 unspecified atom stereocenters. The van der Waals surface area contributed by atoms with E-state index in [0.29, 0.717) is 89.5 Å². The molecule has 0 radical (unpaired) electrons. The van der Waals surface area contributed by atoms with E-state index in [-0.39, 0.29) is 61.5 Å². The average molecular weight is 926 g/mol. The van der Waals surface area contributed by atoms with Gasteiger partial charge in [-0.2, -0.15) is 5.10 Å². The Balaban J connectivity index is 0.836. The molecule has 3 aromatic carbocycles. The third-order valence-electron chi connectivity index (χ3n) is 13.8. The molecule has 5 heterocycles. The first-order chi connectivity index (χ1) is 33.3. The number of fused-ring (bicyclic) bond motifs is 3. The number of benzene rings is 3. The molecule has 354 valence electrons. The molecule has 2 saturated carbocycles. The van der Waals surface area contributed by atoms with Gasteiger partial charge in [-0.05, 0) is 86.8 Å². The van der Waals surface area contributed by atoms with Crippen molar-refractivity contribution in [2.24, 2.45) is 22.9 Å². The smallest absolute Gasteiger partial charge is 0.328 e. The van der Waals surface area contributed by atoms with E-state index in [0.717, 1.165) is 55.4 Å². The van der Waals surface area contributed by atoms with Gasteiger partial charge in [0.15, 0.2) is 23.0 Å². The summed E-state index contributed by atoms with van der Waals surface area (Å²) in [6.45, 7) is 1.40. The zero-order chi connectivity index (χ0) is 46.7. The summed E-state index contributed by atoms with van der Waals surface area (Å²) >= 11 is 0. The number of H-pyrrole nitrogens is 1. The normalized spacial score (nSPS) is 19.5. The fourth-order valence-electron chi connectivity index (χ4n) is 9.88. The number of hydrogen-bond acceptors (Lipinski definition) is 13. The van der Waals surface area contributed by atoms with Crippen LogP contribution in [-0.4, -0.2) is 107 Å². The highest BCUT2D eigenvalue weighted by atomic mass is 16.7. The van der Waals surface area contributed by atoms with Crippen LogP contribution in [-0.2, 0) is 25.7 Å². The zero-order valence-electron chi connectivity index (χ0n) is 38.2. The second-order valence-electron chi connectivity index (χ2n) is 18.1. The van der Waals surface area contributed by atoms with E-state index < -0.39 is 17.9 Å². The monoisotopic (exact) mass is 925 g/mol. The van der Waals surface area contributed by atoms with Crippen LogP contribution >= 0.6 is 0 Å². The quantitative estimate of drug-likeness (QED) is 0.0982. The van der Waals surface area contributed by atoms with Gasteiger partial charge in [-0.3, -0.25) is 14.4 Å². The molecule has 10 rings (SSSR count). The minimum absolute atomic E-state index is 0.0114. The molecule has 0 bridgehead atoms. The third kappa shape index (κ3) is 9.13. The van der Waals surface area contributed by atoms with Crippen molar-refractivity contribution in [1.29, 1.82) is 0 Å². The molecule has 3 aliphatic heterocycles. The fourth-order valence-corrected chi connectivity index (χ4v) is 9.88. The molecule has 17 heteroatoms. The minimum atomic E-state index is -1.16. The predicted molar refractivity (Wildman–Crippen MR) is 248 cm³/mol. The molecular formula is C51H55N7O10. The van der Waals surface area contributed by atoms with Crippen LogP contribution in [0.5, 0.6) is 28.7 Å². The summed E-state index contributed by atoms with van der Waals surface area (Å²) in [5, 5.41) is 9.61. The van der Waals surface area contributed by atoms with Crippen LogP contribution in [0.1, 0.15) is 85.7 Å². The Morgan fingerprint density at radius 1 is 0.882 bits per heavy atom. The van der Waals surface area contributed by atoms with Crippen molar-refractivity contribution in [2.45, 2.75) is 82.9 Å². The lowest BCUT2D eigenvalue weighted by Crippen LogP contribution is -2.53. The number of aromatic nitrogens is 3. The number of carbonyl (C=O) groups is 4. The lowest BCUT2D eigenvalue weighted by molar-refractivity contribution is -0.147. The molecule has 2 N–H and O–H groups in total. The first kappa shape index (κ1) is 44.7. The minimum Gasteiger partial charge on any atom is -0.493 e. The zero-order valence-corrected chi connectivity index (χ0v) is 38.2. The summed E-state index contributed by atoms with van der Waals surface area (Å²) in [4.78, 5) is 70.1. The number of piperidine rings is 1. The number of aromatic amines is 1. The largest absolute Gasteiger partial charge is 0.493 e. The maximum atomic E-state index is 14.2. The van der Waals surface area contributed by atoms with Gasteiger partial charge in [-0.25, -0.2) is 19.8 Å². The van der Waals surface area contributed by atoms with Crippen molar-refractivity contribution in [3.8, 4) is 40.0 Å². The van der Waals surface area contributed by atoms with Gasteiger partial charge < -0.3 is 43.6 Å². The van der Waals surface area contributed by atoms with Crippen LogP contribution in [0.3, 0.4) is 0 Å². The SMILES string of the molecule is COc1ccc(C2=NN(C3CCN(C(=O)CCC(NC(=O)c4c[nH]c5c(-c6c(OCC7CC7)ccc7c6OCO7)ncnc45)C(=O)OCc4ccccc4)CC3)C(=O)[C@@H]3CCCC[C@H]23)cc1OC. The van der Waals surface area contributed by atoms with Gasteiger partial charge in [-0.15, -0.1) is 0 Å². The Labute approximate surface area is 393 Å². The lowest BCUT2D eigenvalue weighted by atomic mass is 9.73. The van der Waals surface area contributed by atoms with E-state index in [1.54, 1.807) is 30.2 Å². The van der Waals surface area contributed by atoms with Gasteiger partial charge in [0.1, 0.15) is 35.9 Å². The van der Waals surface area contributed by atoms with Crippen LogP contribution in [0, 0.1) is 17.8 Å². The fraction of sp³-hybridized carbons (Fsp3) is 0.431. The Hall–Kier alpha value is -7.17. The van der Waals surface area contributed by atoms with Gasteiger partial charge in [0, 0.05) is 43.1 Å². The van der Waals surface area contributed by atoms with Crippen molar-refractivity contribution in [3.05, 3.63) is 89.9 Å². The molecule has 2 aromatic heterocycles. The molecule has 0 spiro atoms. The van der Waals surface area contributed by atoms with E-state index in [9.17, 15) is 19.2 Å². The van der Waals surface area contributed by atoms with Crippen LogP contribution in [0.25, 0.3) is 22.3 Å². The molecule has 5 aliphatic rings. The number of nitrogens with zero attached hydrogens (tertiary/aromatic N) is 5. The van der Waals surface area contributed by atoms with E-state index in [4.69, 9.17) is 33.5 Å².